The molecule has 0 spiro atoms. The topological polar surface area (TPSA) is 144 Å². The highest BCUT2D eigenvalue weighted by Crippen LogP contribution is 2.54. The van der Waals surface area contributed by atoms with E-state index in [1.54, 1.807) is 34.6 Å². The van der Waals surface area contributed by atoms with Crippen LogP contribution in [0.15, 0.2) is 0 Å². The van der Waals surface area contributed by atoms with Crippen LogP contribution < -0.4 is 5.32 Å². The van der Waals surface area contributed by atoms with Gasteiger partial charge in [0.05, 0.1) is 19.8 Å². The Morgan fingerprint density at radius 1 is 0.788 bits per heavy atom. The van der Waals surface area contributed by atoms with Gasteiger partial charge in [-0.2, -0.15) is 19.6 Å². The summed E-state index contributed by atoms with van der Waals surface area (Å²) in [7, 11) is -6.40. The van der Waals surface area contributed by atoms with Crippen LogP contribution in [0.3, 0.4) is 0 Å². The van der Waals surface area contributed by atoms with E-state index in [9.17, 15) is 4.79 Å². The van der Waals surface area contributed by atoms with Crippen molar-refractivity contribution in [2.24, 2.45) is 0 Å². The largest absolute Gasteiger partial charge is 0.584 e. The molecule has 0 aliphatic carbocycles. The molecule has 1 N–H and O–H groups in total. The van der Waals surface area contributed by atoms with Gasteiger partial charge in [-0.1, -0.05) is 0 Å². The molecular formula is C18H37NO12Si2. The molecule has 0 radical (unpaired) electrons. The third-order valence-electron chi connectivity index (χ3n) is 5.08. The van der Waals surface area contributed by atoms with E-state index in [0.717, 1.165) is 0 Å². The van der Waals surface area contributed by atoms with Crippen molar-refractivity contribution in [2.45, 2.75) is 77.3 Å². The molecule has 2 saturated heterocycles. The highest BCUT2D eigenvalue weighted by molar-refractivity contribution is 6.80. The van der Waals surface area contributed by atoms with Gasteiger partial charge in [-0.15, -0.1) is 0 Å². The molecule has 33 heavy (non-hydrogen) atoms. The summed E-state index contributed by atoms with van der Waals surface area (Å²) in [6, 6.07) is 0.936. The number of hydrogen-bond acceptors (Lipinski definition) is 13. The second-order valence-electron chi connectivity index (χ2n) is 7.76. The summed E-state index contributed by atoms with van der Waals surface area (Å²) in [5, 5.41) is 3.35. The zero-order valence-electron chi connectivity index (χ0n) is 20.3. The van der Waals surface area contributed by atoms with Gasteiger partial charge in [0.1, 0.15) is 0 Å². The van der Waals surface area contributed by atoms with E-state index in [2.05, 4.69) is 5.32 Å². The van der Waals surface area contributed by atoms with Crippen molar-refractivity contribution in [1.29, 1.82) is 0 Å². The van der Waals surface area contributed by atoms with E-state index >= 15 is 0 Å². The van der Waals surface area contributed by atoms with Crippen molar-refractivity contribution in [3.8, 4) is 0 Å². The van der Waals surface area contributed by atoms with Gasteiger partial charge in [-0.3, -0.25) is 4.79 Å². The molecule has 0 unspecified atom stereocenters. The molecule has 0 saturated carbocycles. The molecule has 194 valence electrons. The van der Waals surface area contributed by atoms with Crippen LogP contribution in [-0.4, -0.2) is 66.8 Å². The predicted molar refractivity (Wildman–Crippen MR) is 114 cm³/mol. The highest BCUT2D eigenvalue weighted by atomic mass is 28.4. The maximum absolute atomic E-state index is 11.8. The van der Waals surface area contributed by atoms with Crippen LogP contribution in [0.25, 0.3) is 0 Å². The summed E-state index contributed by atoms with van der Waals surface area (Å²) in [4.78, 5) is 47.8. The first-order valence-corrected chi connectivity index (χ1v) is 15.3. The van der Waals surface area contributed by atoms with Gasteiger partial charge in [0.15, 0.2) is 0 Å². The van der Waals surface area contributed by atoms with E-state index in [1.807, 2.05) is 0 Å². The predicted octanol–water partition coefficient (Wildman–Crippen LogP) is 2.14. The summed E-state index contributed by atoms with van der Waals surface area (Å²) in [5.74, 6) is -0.422. The summed E-state index contributed by atoms with van der Waals surface area (Å²) < 4.78 is 22.0. The Balaban J connectivity index is 1.82. The fraction of sp³-hybridized carbons (Fsp3) is 0.944. The molecule has 2 aliphatic heterocycles. The first kappa shape index (κ1) is 28.7. The van der Waals surface area contributed by atoms with Crippen molar-refractivity contribution in [3.63, 3.8) is 0 Å². The molecule has 2 rings (SSSR count). The SMILES string of the molecule is CCOO[Si](CCCNCCC[Si](OC(C)=O)(C1(C)OO1)C1(C)OO1)(OOCC)OOCC. The fourth-order valence-electron chi connectivity index (χ4n) is 3.37. The molecule has 0 bridgehead atoms. The van der Waals surface area contributed by atoms with Gasteiger partial charge in [0.2, 0.25) is 0 Å². The van der Waals surface area contributed by atoms with Crippen LogP contribution in [-0.2, 0) is 57.2 Å². The Labute approximate surface area is 196 Å². The minimum absolute atomic E-state index is 0.324. The van der Waals surface area contributed by atoms with Crippen molar-refractivity contribution < 1.29 is 57.2 Å². The van der Waals surface area contributed by atoms with Gasteiger partial charge in [-0.25, -0.2) is 28.4 Å². The fourth-order valence-corrected chi connectivity index (χ4v) is 9.20. The normalized spacial score (nSPS) is 18.8. The molecule has 0 aromatic heterocycles. The van der Waals surface area contributed by atoms with Crippen molar-refractivity contribution in [2.75, 3.05) is 32.9 Å². The second-order valence-corrected chi connectivity index (χ2v) is 14.3. The van der Waals surface area contributed by atoms with Crippen molar-refractivity contribution in [3.05, 3.63) is 0 Å². The quantitative estimate of drug-likeness (QED) is 0.0831. The van der Waals surface area contributed by atoms with E-state index in [-0.39, 0.29) is 0 Å². The van der Waals surface area contributed by atoms with Gasteiger partial charge >= 0.3 is 17.1 Å². The Morgan fingerprint density at radius 3 is 1.58 bits per heavy atom. The van der Waals surface area contributed by atoms with Crippen LogP contribution in [0, 0.1) is 0 Å². The zero-order valence-corrected chi connectivity index (χ0v) is 22.3. The Kier molecular flexibility index (Phi) is 11.3. The Bertz CT molecular complexity index is 565. The average molecular weight is 516 g/mol. The molecule has 0 atom stereocenters. The number of hydrogen-bond donors (Lipinski definition) is 1. The molecule has 2 aliphatic rings. The lowest BCUT2D eigenvalue weighted by atomic mass is 10.4. The standard InChI is InChI=1S/C18H37NO12Si2/c1-7-21-29-33(30-22-8-2,31-23-9-3)15-11-13-19-12-10-14-32(24-16(4)20,17(5)25-26-17)18(6)27-28-18/h19H,7-15H2,1-6H3. The van der Waals surface area contributed by atoms with E-state index in [4.69, 9.17) is 52.4 Å². The van der Waals surface area contributed by atoms with Gasteiger partial charge in [0, 0.05) is 13.0 Å². The van der Waals surface area contributed by atoms with Gasteiger partial charge < -0.3 is 9.74 Å². The third kappa shape index (κ3) is 7.72. The molecule has 2 fully saturated rings. The summed E-state index contributed by atoms with van der Waals surface area (Å²) in [5.41, 5.74) is -2.00. The minimum atomic E-state index is -3.33. The van der Waals surface area contributed by atoms with Crippen LogP contribution in [0.2, 0.25) is 12.1 Å². The second kappa shape index (κ2) is 13.0. The lowest BCUT2D eigenvalue weighted by Gasteiger charge is -2.31. The number of carbonyl (C=O) groups excluding carboxylic acids is 1. The van der Waals surface area contributed by atoms with Crippen LogP contribution in [0.1, 0.15) is 54.4 Å². The first-order valence-electron chi connectivity index (χ1n) is 11.3. The monoisotopic (exact) mass is 515 g/mol. The molecule has 13 nitrogen and oxygen atoms in total. The maximum atomic E-state index is 11.8. The molecular weight excluding hydrogens is 478 g/mol. The lowest BCUT2D eigenvalue weighted by molar-refractivity contribution is -0.360. The Morgan fingerprint density at radius 2 is 1.21 bits per heavy atom. The minimum Gasteiger partial charge on any atom is -0.507 e. The first-order chi connectivity index (χ1) is 15.7. The molecule has 0 aromatic rings. The number of carbonyl (C=O) groups is 1. The molecule has 0 aromatic carbocycles. The number of rotatable bonds is 20. The Hall–Kier alpha value is -0.536. The van der Waals surface area contributed by atoms with Crippen molar-refractivity contribution in [1.82, 2.24) is 5.32 Å². The number of nitrogens with one attached hydrogen (secondary N) is 1. The van der Waals surface area contributed by atoms with Gasteiger partial charge in [0.25, 0.3) is 16.8 Å². The molecule has 2 heterocycles. The average Bonchev–Trinajstić information content (AvgIpc) is 3.71. The summed E-state index contributed by atoms with van der Waals surface area (Å²) >= 11 is 0. The highest BCUT2D eigenvalue weighted by Gasteiger charge is 2.82. The van der Waals surface area contributed by atoms with Crippen LogP contribution in [0.4, 0.5) is 0 Å². The molecule has 0 amide bonds. The van der Waals surface area contributed by atoms with Crippen molar-refractivity contribution >= 4 is 23.1 Å². The third-order valence-corrected chi connectivity index (χ3v) is 12.1. The smallest absolute Gasteiger partial charge is 0.507 e. The van der Waals surface area contributed by atoms with Crippen LogP contribution >= 0.6 is 0 Å². The van der Waals surface area contributed by atoms with Gasteiger partial charge in [-0.05, 0) is 66.6 Å². The summed E-state index contributed by atoms with van der Waals surface area (Å²) in [6.07, 6.45) is 1.34. The summed E-state index contributed by atoms with van der Waals surface area (Å²) in [6.45, 7) is 12.5. The van der Waals surface area contributed by atoms with E-state index in [1.165, 1.54) is 6.92 Å². The van der Waals surface area contributed by atoms with Crippen LogP contribution in [0.5, 0.6) is 0 Å². The lowest BCUT2D eigenvalue weighted by Crippen LogP contribution is -2.63. The zero-order chi connectivity index (χ0) is 24.4. The molecule has 15 heteroatoms. The van der Waals surface area contributed by atoms with E-state index < -0.39 is 33.9 Å². The van der Waals surface area contributed by atoms with E-state index in [0.29, 0.717) is 57.8 Å². The maximum Gasteiger partial charge on any atom is 0.584 e.